The molecule has 2 unspecified atom stereocenters. The summed E-state index contributed by atoms with van der Waals surface area (Å²) in [5.41, 5.74) is -0.559. The van der Waals surface area contributed by atoms with E-state index in [-0.39, 0.29) is 17.0 Å². The Kier molecular flexibility index (Phi) is 7.25. The highest BCUT2D eigenvalue weighted by Crippen LogP contribution is 2.42. The van der Waals surface area contributed by atoms with Gasteiger partial charge < -0.3 is 20.1 Å². The number of nitrogens with zero attached hydrogens (tertiary/aromatic N) is 2. The molecule has 1 fully saturated rings. The maximum atomic E-state index is 13.5. The second kappa shape index (κ2) is 9.80. The molecule has 1 aliphatic heterocycles. The predicted molar refractivity (Wildman–Crippen MR) is 122 cm³/mol. The molecule has 3 rings (SSSR count). The summed E-state index contributed by atoms with van der Waals surface area (Å²) in [6.45, 7) is 4.41. The van der Waals surface area contributed by atoms with E-state index in [1.54, 1.807) is 57.2 Å². The Morgan fingerprint density at radius 3 is 2.32 bits per heavy atom. The Morgan fingerprint density at radius 2 is 1.76 bits per heavy atom. The number of sulfone groups is 1. The highest BCUT2D eigenvalue weighted by molar-refractivity contribution is 7.92. The van der Waals surface area contributed by atoms with Crippen LogP contribution in [0.2, 0.25) is 0 Å². The van der Waals surface area contributed by atoms with Crippen LogP contribution >= 0.6 is 0 Å². The average Bonchev–Trinajstić information content (AvgIpc) is 3.19. The molecule has 0 radical (unpaired) electrons. The van der Waals surface area contributed by atoms with E-state index in [0.717, 1.165) is 4.90 Å². The van der Waals surface area contributed by atoms with E-state index in [4.69, 9.17) is 4.74 Å². The largest absolute Gasteiger partial charge is 0.480 e. The van der Waals surface area contributed by atoms with Gasteiger partial charge in [0.1, 0.15) is 18.2 Å². The number of hydrogen-bond acceptors (Lipinski definition) is 7. The molecule has 0 aliphatic carbocycles. The topological polar surface area (TPSA) is 143 Å². The van der Waals surface area contributed by atoms with Gasteiger partial charge in [-0.05, 0) is 51.5 Å². The van der Waals surface area contributed by atoms with Crippen molar-refractivity contribution in [2.45, 2.75) is 55.0 Å². The molecule has 0 spiro atoms. The minimum absolute atomic E-state index is 0.0197. The third-order valence-electron chi connectivity index (χ3n) is 5.26. The summed E-state index contributed by atoms with van der Waals surface area (Å²) in [6.07, 6.45) is 0.262. The first-order valence-corrected chi connectivity index (χ1v) is 12.2. The van der Waals surface area contributed by atoms with Gasteiger partial charge in [0.05, 0.1) is 21.9 Å². The number of benzene rings is 1. The molecule has 11 heteroatoms. The summed E-state index contributed by atoms with van der Waals surface area (Å²) in [7, 11) is -4.03. The van der Waals surface area contributed by atoms with Gasteiger partial charge in [0.2, 0.25) is 5.91 Å². The fourth-order valence-corrected chi connectivity index (χ4v) is 5.83. The van der Waals surface area contributed by atoms with Crippen LogP contribution in [-0.2, 0) is 24.2 Å². The molecule has 10 nitrogen and oxygen atoms in total. The lowest BCUT2D eigenvalue weighted by Crippen LogP contribution is -2.47. The number of amides is 2. The van der Waals surface area contributed by atoms with Crippen LogP contribution in [0.15, 0.2) is 59.6 Å². The standard InChI is InChI=1S/C23H27N3O7S/c1-23(2,3)33-22(30)25-14-19(27)26-17(21(28)29)13-18(20(26)16-11-7-8-12-24-16)34(31,32)15-9-5-4-6-10-15/h4-12,17-18,20H,13-14H2,1-3H3,(H,25,30)(H,28,29)/t17-,18?,20?/m0/s1. The van der Waals surface area contributed by atoms with Gasteiger partial charge in [-0.15, -0.1) is 0 Å². The van der Waals surface area contributed by atoms with Crippen molar-refractivity contribution in [1.29, 1.82) is 0 Å². The van der Waals surface area contributed by atoms with Crippen LogP contribution in [-0.4, -0.2) is 64.8 Å². The smallest absolute Gasteiger partial charge is 0.408 e. The van der Waals surface area contributed by atoms with E-state index in [1.807, 2.05) is 0 Å². The maximum absolute atomic E-state index is 13.5. The molecule has 2 N–H and O–H groups in total. The Morgan fingerprint density at radius 1 is 1.12 bits per heavy atom. The number of hydrogen-bond donors (Lipinski definition) is 2. The van der Waals surface area contributed by atoms with E-state index in [1.165, 1.54) is 18.3 Å². The summed E-state index contributed by atoms with van der Waals surface area (Å²) in [4.78, 5) is 42.6. The van der Waals surface area contributed by atoms with Gasteiger partial charge in [-0.3, -0.25) is 9.78 Å². The first-order chi connectivity index (χ1) is 15.9. The Hall–Kier alpha value is -3.47. The number of carboxylic acids is 1. The fraction of sp³-hybridized carbons (Fsp3) is 0.391. The number of carbonyl (C=O) groups excluding carboxylic acids is 2. The molecule has 1 saturated heterocycles. The molecular formula is C23H27N3O7S. The minimum atomic E-state index is -4.03. The van der Waals surface area contributed by atoms with Crippen molar-refractivity contribution in [2.24, 2.45) is 0 Å². The molecule has 3 atom stereocenters. The number of carboxylic acid groups (broad SMARTS) is 1. The summed E-state index contributed by atoms with van der Waals surface area (Å²) in [5, 5.41) is 10.9. The molecule has 34 heavy (non-hydrogen) atoms. The summed E-state index contributed by atoms with van der Waals surface area (Å²) < 4.78 is 32.2. The van der Waals surface area contributed by atoms with Gasteiger partial charge in [-0.2, -0.15) is 0 Å². The maximum Gasteiger partial charge on any atom is 0.408 e. The van der Waals surface area contributed by atoms with E-state index in [2.05, 4.69) is 10.3 Å². The highest BCUT2D eigenvalue weighted by atomic mass is 32.2. The van der Waals surface area contributed by atoms with E-state index < -0.39 is 57.3 Å². The zero-order valence-electron chi connectivity index (χ0n) is 19.0. The van der Waals surface area contributed by atoms with Crippen molar-refractivity contribution < 1.29 is 32.6 Å². The van der Waals surface area contributed by atoms with Crippen LogP contribution < -0.4 is 5.32 Å². The fourth-order valence-electron chi connectivity index (χ4n) is 3.90. The zero-order chi connectivity index (χ0) is 25.1. The van der Waals surface area contributed by atoms with Crippen LogP contribution in [0.1, 0.15) is 38.9 Å². The normalized spacial score (nSPS) is 20.6. The number of ether oxygens (including phenoxy) is 1. The van der Waals surface area contributed by atoms with Crippen molar-refractivity contribution >= 4 is 27.8 Å². The lowest BCUT2D eigenvalue weighted by atomic mass is 10.1. The molecule has 2 amide bonds. The van der Waals surface area contributed by atoms with Gasteiger partial charge in [0.15, 0.2) is 9.84 Å². The van der Waals surface area contributed by atoms with Crippen molar-refractivity contribution in [3.05, 3.63) is 60.4 Å². The third kappa shape index (κ3) is 5.53. The van der Waals surface area contributed by atoms with Gasteiger partial charge >= 0.3 is 12.1 Å². The number of pyridine rings is 1. The third-order valence-corrected chi connectivity index (χ3v) is 7.44. The van der Waals surface area contributed by atoms with Crippen LogP contribution in [0.25, 0.3) is 0 Å². The molecule has 182 valence electrons. The molecule has 1 aliphatic rings. The second-order valence-corrected chi connectivity index (χ2v) is 11.0. The van der Waals surface area contributed by atoms with E-state index >= 15 is 0 Å². The minimum Gasteiger partial charge on any atom is -0.480 e. The van der Waals surface area contributed by atoms with Gasteiger partial charge in [0.25, 0.3) is 0 Å². The highest BCUT2D eigenvalue weighted by Gasteiger charge is 2.53. The van der Waals surface area contributed by atoms with E-state index in [0.29, 0.717) is 0 Å². The quantitative estimate of drug-likeness (QED) is 0.628. The monoisotopic (exact) mass is 489 g/mol. The average molecular weight is 490 g/mol. The van der Waals surface area contributed by atoms with E-state index in [9.17, 15) is 27.9 Å². The molecule has 2 heterocycles. The number of alkyl carbamates (subject to hydrolysis) is 1. The predicted octanol–water partition coefficient (Wildman–Crippen LogP) is 2.18. The molecule has 0 saturated carbocycles. The molecule has 1 aromatic carbocycles. The number of rotatable bonds is 6. The van der Waals surface area contributed by atoms with Crippen LogP contribution in [0.5, 0.6) is 0 Å². The van der Waals surface area contributed by atoms with Crippen LogP contribution in [0.3, 0.4) is 0 Å². The molecular weight excluding hydrogens is 462 g/mol. The first-order valence-electron chi connectivity index (χ1n) is 10.6. The first kappa shape index (κ1) is 25.2. The molecule has 2 aromatic rings. The van der Waals surface area contributed by atoms with Crippen molar-refractivity contribution in [2.75, 3.05) is 6.54 Å². The van der Waals surface area contributed by atoms with Crippen molar-refractivity contribution in [1.82, 2.24) is 15.2 Å². The Balaban J connectivity index is 1.99. The Labute approximate surface area is 197 Å². The summed E-state index contributed by atoms with van der Waals surface area (Å²) in [5.74, 6) is -2.11. The van der Waals surface area contributed by atoms with Gasteiger partial charge in [-0.25, -0.2) is 18.0 Å². The lowest BCUT2D eigenvalue weighted by Gasteiger charge is -2.30. The SMILES string of the molecule is CC(C)(C)OC(=O)NCC(=O)N1C(c2ccccn2)C(S(=O)(=O)c2ccccc2)C[C@H]1C(=O)O. The number of aromatic nitrogens is 1. The zero-order valence-corrected chi connectivity index (χ0v) is 19.9. The van der Waals surface area contributed by atoms with Gasteiger partial charge in [-0.1, -0.05) is 24.3 Å². The number of likely N-dealkylation sites (tertiary alicyclic amines) is 1. The number of aliphatic carboxylic acids is 1. The Bertz CT molecular complexity index is 1150. The summed E-state index contributed by atoms with van der Waals surface area (Å²) in [6, 6.07) is 9.87. The van der Waals surface area contributed by atoms with Crippen LogP contribution in [0, 0.1) is 0 Å². The van der Waals surface area contributed by atoms with Gasteiger partial charge in [0, 0.05) is 6.20 Å². The number of nitrogens with one attached hydrogen (secondary N) is 1. The lowest BCUT2D eigenvalue weighted by molar-refractivity contribution is -0.149. The van der Waals surface area contributed by atoms with Crippen LogP contribution in [0.4, 0.5) is 4.79 Å². The molecule has 1 aromatic heterocycles. The van der Waals surface area contributed by atoms with Crippen molar-refractivity contribution in [3.63, 3.8) is 0 Å². The number of carbonyl (C=O) groups is 3. The van der Waals surface area contributed by atoms with Crippen molar-refractivity contribution in [3.8, 4) is 0 Å². The summed E-state index contributed by atoms with van der Waals surface area (Å²) >= 11 is 0. The molecule has 0 bridgehead atoms. The second-order valence-electron chi connectivity index (χ2n) is 8.84.